The van der Waals surface area contributed by atoms with Crippen LogP contribution in [-0.2, 0) is 24.6 Å². The lowest BCUT2D eigenvalue weighted by molar-refractivity contribution is -0.181. The Hall–Kier alpha value is -2.18. The summed E-state index contributed by atoms with van der Waals surface area (Å²) in [5.41, 5.74) is 2.09. The Balaban J connectivity index is 1.84. The molecule has 1 N–H and O–H groups in total. The molecule has 0 bridgehead atoms. The molecule has 5 nitrogen and oxygen atoms in total. The van der Waals surface area contributed by atoms with E-state index in [1.165, 1.54) is 12.1 Å². The molecule has 0 radical (unpaired) electrons. The molecule has 0 atom stereocenters. The van der Waals surface area contributed by atoms with Gasteiger partial charge in [-0.3, -0.25) is 4.98 Å². The van der Waals surface area contributed by atoms with Gasteiger partial charge in [0.1, 0.15) is 23.9 Å². The molecule has 0 aliphatic carbocycles. The van der Waals surface area contributed by atoms with E-state index in [1.54, 1.807) is 32.2 Å². The third-order valence-electron chi connectivity index (χ3n) is 3.57. The molecular weight excluding hydrogens is 301 g/mol. The zero-order chi connectivity index (χ0) is 16.4. The fourth-order valence-electron chi connectivity index (χ4n) is 2.34. The van der Waals surface area contributed by atoms with Gasteiger partial charge in [0.05, 0.1) is 13.2 Å². The predicted octanol–water partition coefficient (Wildman–Crippen LogP) is 2.94. The van der Waals surface area contributed by atoms with Crippen LogP contribution in [0.2, 0.25) is 0 Å². The predicted molar refractivity (Wildman–Crippen MR) is 80.4 cm³/mol. The van der Waals surface area contributed by atoms with Gasteiger partial charge in [0.2, 0.25) is 5.79 Å². The number of aliphatic hydroxyl groups is 1. The average Bonchev–Trinajstić information content (AvgIpc) is 2.53. The van der Waals surface area contributed by atoms with E-state index in [4.69, 9.17) is 14.2 Å². The summed E-state index contributed by atoms with van der Waals surface area (Å²) in [4.78, 5) is 4.23. The molecular formula is C17H18FNO4. The maximum Gasteiger partial charge on any atom is 0.205 e. The molecule has 0 fully saturated rings. The van der Waals surface area contributed by atoms with E-state index >= 15 is 0 Å². The largest absolute Gasteiger partial charge is 0.489 e. The van der Waals surface area contributed by atoms with Crippen LogP contribution in [0.15, 0.2) is 30.5 Å². The highest BCUT2D eigenvalue weighted by Crippen LogP contribution is 2.35. The molecule has 1 aliphatic rings. The van der Waals surface area contributed by atoms with Gasteiger partial charge in [-0.1, -0.05) is 0 Å². The molecule has 122 valence electrons. The second-order valence-electron chi connectivity index (χ2n) is 5.73. The van der Waals surface area contributed by atoms with Crippen LogP contribution in [0.3, 0.4) is 0 Å². The van der Waals surface area contributed by atoms with Crippen molar-refractivity contribution in [2.75, 3.05) is 0 Å². The first-order valence-electron chi connectivity index (χ1n) is 7.30. The van der Waals surface area contributed by atoms with Gasteiger partial charge in [0.25, 0.3) is 0 Å². The number of fused-ring (bicyclic) bond motifs is 1. The number of rotatable bonds is 4. The van der Waals surface area contributed by atoms with Crippen molar-refractivity contribution in [1.82, 2.24) is 4.98 Å². The number of ether oxygens (including phenoxy) is 3. The zero-order valence-corrected chi connectivity index (χ0v) is 13.0. The van der Waals surface area contributed by atoms with Crippen LogP contribution in [0.5, 0.6) is 11.5 Å². The van der Waals surface area contributed by atoms with Crippen LogP contribution in [0.25, 0.3) is 0 Å². The number of benzene rings is 1. The van der Waals surface area contributed by atoms with Gasteiger partial charge in [-0.25, -0.2) is 4.39 Å². The highest BCUT2D eigenvalue weighted by Gasteiger charge is 2.31. The Morgan fingerprint density at radius 3 is 2.74 bits per heavy atom. The first kappa shape index (κ1) is 15.7. The minimum Gasteiger partial charge on any atom is -0.489 e. The second kappa shape index (κ2) is 6.14. The Bertz CT molecular complexity index is 700. The Labute approximate surface area is 133 Å². The molecule has 1 aliphatic heterocycles. The first-order chi connectivity index (χ1) is 11.0. The highest BCUT2D eigenvalue weighted by molar-refractivity contribution is 5.43. The molecule has 3 rings (SSSR count). The molecule has 0 unspecified atom stereocenters. The topological polar surface area (TPSA) is 60.8 Å². The summed E-state index contributed by atoms with van der Waals surface area (Å²) in [6, 6.07) is 5.81. The van der Waals surface area contributed by atoms with Crippen LogP contribution in [0.4, 0.5) is 4.39 Å². The van der Waals surface area contributed by atoms with E-state index in [9.17, 15) is 9.50 Å². The van der Waals surface area contributed by atoms with Gasteiger partial charge in [0.15, 0.2) is 5.75 Å². The minimum absolute atomic E-state index is 0.211. The lowest BCUT2D eigenvalue weighted by atomic mass is 10.1. The van der Waals surface area contributed by atoms with E-state index in [-0.39, 0.29) is 19.0 Å². The van der Waals surface area contributed by atoms with E-state index < -0.39 is 5.79 Å². The lowest BCUT2D eigenvalue weighted by Crippen LogP contribution is -2.36. The van der Waals surface area contributed by atoms with Gasteiger partial charge >= 0.3 is 0 Å². The van der Waals surface area contributed by atoms with Crippen LogP contribution in [0, 0.1) is 5.82 Å². The number of aromatic nitrogens is 1. The van der Waals surface area contributed by atoms with Crippen molar-refractivity contribution in [3.8, 4) is 11.5 Å². The van der Waals surface area contributed by atoms with Crippen LogP contribution in [0.1, 0.15) is 30.7 Å². The summed E-state index contributed by atoms with van der Waals surface area (Å²) < 4.78 is 30.0. The van der Waals surface area contributed by atoms with Crippen molar-refractivity contribution in [3.05, 3.63) is 53.1 Å². The van der Waals surface area contributed by atoms with Crippen LogP contribution >= 0.6 is 0 Å². The molecule has 23 heavy (non-hydrogen) atoms. The summed E-state index contributed by atoms with van der Waals surface area (Å²) in [7, 11) is 0. The van der Waals surface area contributed by atoms with Gasteiger partial charge in [0, 0.05) is 31.2 Å². The fraction of sp³-hybridized carbons (Fsp3) is 0.353. The Kier molecular flexibility index (Phi) is 4.19. The molecule has 0 spiro atoms. The van der Waals surface area contributed by atoms with Gasteiger partial charge in [-0.2, -0.15) is 0 Å². The molecule has 1 aromatic carbocycles. The highest BCUT2D eigenvalue weighted by atomic mass is 19.1. The average molecular weight is 319 g/mol. The van der Waals surface area contributed by atoms with E-state index in [0.717, 1.165) is 11.1 Å². The number of hydrogen-bond acceptors (Lipinski definition) is 5. The van der Waals surface area contributed by atoms with Gasteiger partial charge in [-0.15, -0.1) is 0 Å². The quantitative estimate of drug-likeness (QED) is 0.939. The fourth-order valence-corrected chi connectivity index (χ4v) is 2.34. The van der Waals surface area contributed by atoms with Crippen LogP contribution in [-0.4, -0.2) is 15.9 Å². The number of halogens is 1. The van der Waals surface area contributed by atoms with Crippen molar-refractivity contribution in [1.29, 1.82) is 0 Å². The third kappa shape index (κ3) is 3.43. The van der Waals surface area contributed by atoms with E-state index in [2.05, 4.69) is 4.98 Å². The molecule has 0 amide bonds. The third-order valence-corrected chi connectivity index (χ3v) is 3.57. The maximum absolute atomic E-state index is 12.9. The molecule has 1 aromatic heterocycles. The van der Waals surface area contributed by atoms with Crippen molar-refractivity contribution in [3.63, 3.8) is 0 Å². The van der Waals surface area contributed by atoms with Crippen molar-refractivity contribution < 1.29 is 23.7 Å². The summed E-state index contributed by atoms with van der Waals surface area (Å²) >= 11 is 0. The first-order valence-corrected chi connectivity index (χ1v) is 7.30. The summed E-state index contributed by atoms with van der Waals surface area (Å²) in [6.45, 7) is 3.99. The van der Waals surface area contributed by atoms with E-state index in [0.29, 0.717) is 23.8 Å². The monoisotopic (exact) mass is 319 g/mol. The minimum atomic E-state index is -0.769. The molecule has 0 saturated heterocycles. The summed E-state index contributed by atoms with van der Waals surface area (Å²) in [6.07, 6.45) is 1.64. The standard InChI is InChI=1S/C17H18FNO4/c1-17(2)22-10-14-11(7-19-15(8-20)16(14)23-17)9-21-13-5-3-12(18)4-6-13/h3-7,20H,8-10H2,1-2H3. The Morgan fingerprint density at radius 2 is 2.04 bits per heavy atom. The van der Waals surface area contributed by atoms with E-state index in [1.807, 2.05) is 0 Å². The second-order valence-corrected chi connectivity index (χ2v) is 5.73. The molecule has 2 aromatic rings. The molecule has 0 saturated carbocycles. The SMILES string of the molecule is CC1(C)OCc2c(COc3ccc(F)cc3)cnc(CO)c2O1. The Morgan fingerprint density at radius 1 is 1.30 bits per heavy atom. The van der Waals surface area contributed by atoms with Crippen LogP contribution < -0.4 is 9.47 Å². The maximum atomic E-state index is 12.9. The smallest absolute Gasteiger partial charge is 0.205 e. The van der Waals surface area contributed by atoms with Crippen molar-refractivity contribution in [2.45, 2.75) is 39.5 Å². The van der Waals surface area contributed by atoms with Gasteiger partial charge < -0.3 is 19.3 Å². The normalized spacial score (nSPS) is 15.7. The van der Waals surface area contributed by atoms with Crippen molar-refractivity contribution in [2.24, 2.45) is 0 Å². The van der Waals surface area contributed by atoms with Gasteiger partial charge in [-0.05, 0) is 24.3 Å². The summed E-state index contributed by atoms with van der Waals surface area (Å²) in [5, 5.41) is 9.44. The number of pyridine rings is 1. The lowest BCUT2D eigenvalue weighted by Gasteiger charge is -2.34. The number of nitrogens with zero attached hydrogens (tertiary/aromatic N) is 1. The molecule has 6 heteroatoms. The number of aliphatic hydroxyl groups excluding tert-OH is 1. The number of hydrogen-bond donors (Lipinski definition) is 1. The van der Waals surface area contributed by atoms with Crippen molar-refractivity contribution >= 4 is 0 Å². The molecule has 2 heterocycles. The summed E-state index contributed by atoms with van der Waals surface area (Å²) in [5.74, 6) is 0.0238. The zero-order valence-electron chi connectivity index (χ0n) is 13.0.